The average molecular weight is 419 g/mol. The topological polar surface area (TPSA) is 53.6 Å². The fourth-order valence-electron chi connectivity index (χ4n) is 2.22. The maximum Gasteiger partial charge on any atom is 0.439 e. The number of rotatable bonds is 6. The highest BCUT2D eigenvalue weighted by Crippen LogP contribution is 2.39. The Labute approximate surface area is 152 Å². The van der Waals surface area contributed by atoms with Crippen molar-refractivity contribution in [3.63, 3.8) is 0 Å². The van der Waals surface area contributed by atoms with Gasteiger partial charge in [0.05, 0.1) is 5.69 Å². The molecular formula is C15H13F8N3O2. The molecule has 0 fully saturated rings. The smallest absolute Gasteiger partial charge is 0.428 e. The molecule has 1 aliphatic heterocycles. The predicted octanol–water partition coefficient (Wildman–Crippen LogP) is 3.46. The Morgan fingerprint density at radius 3 is 2.29 bits per heavy atom. The van der Waals surface area contributed by atoms with Crippen molar-refractivity contribution >= 4 is 11.6 Å². The molecule has 0 saturated heterocycles. The molecule has 1 amide bonds. The molecular weight excluding hydrogens is 406 g/mol. The van der Waals surface area contributed by atoms with E-state index in [1.165, 1.54) is 7.05 Å². The number of benzene rings is 1. The van der Waals surface area contributed by atoms with Gasteiger partial charge in [0.2, 0.25) is 0 Å². The number of anilines is 1. The van der Waals surface area contributed by atoms with Crippen LogP contribution in [0, 0.1) is 0 Å². The Bertz CT molecular complexity index is 755. The third-order valence-corrected chi connectivity index (χ3v) is 3.61. The zero-order valence-electron chi connectivity index (χ0n) is 13.9. The predicted molar refractivity (Wildman–Crippen MR) is 80.4 cm³/mol. The van der Waals surface area contributed by atoms with Crippen molar-refractivity contribution in [1.29, 1.82) is 0 Å². The van der Waals surface area contributed by atoms with E-state index in [1.54, 1.807) is 0 Å². The van der Waals surface area contributed by atoms with Gasteiger partial charge in [0.15, 0.2) is 5.54 Å². The van der Waals surface area contributed by atoms with Crippen molar-refractivity contribution in [1.82, 2.24) is 10.4 Å². The van der Waals surface area contributed by atoms with Crippen LogP contribution in [0.15, 0.2) is 36.5 Å². The number of amides is 1. The van der Waals surface area contributed by atoms with Crippen molar-refractivity contribution < 1.29 is 44.7 Å². The normalized spacial score (nSPS) is 21.1. The van der Waals surface area contributed by atoms with Crippen LogP contribution < -0.4 is 15.5 Å². The summed E-state index contributed by atoms with van der Waals surface area (Å²) in [6.45, 7) is 0. The van der Waals surface area contributed by atoms with E-state index >= 15 is 0 Å². The highest BCUT2D eigenvalue weighted by Gasteiger charge is 2.59. The highest BCUT2D eigenvalue weighted by molar-refractivity contribution is 6.01. The number of nitrogens with one attached hydrogen (secondary N) is 2. The Hall–Kier alpha value is -2.57. The molecule has 0 bridgehead atoms. The van der Waals surface area contributed by atoms with Gasteiger partial charge in [-0.15, -0.1) is 0 Å². The molecule has 2 atom stereocenters. The van der Waals surface area contributed by atoms with Gasteiger partial charge >= 0.3 is 12.3 Å². The monoisotopic (exact) mass is 419 g/mol. The number of nitrogens with zero attached hydrogens (tertiary/aromatic N) is 1. The third-order valence-electron chi connectivity index (χ3n) is 3.61. The first-order valence-corrected chi connectivity index (χ1v) is 7.46. The van der Waals surface area contributed by atoms with Crippen molar-refractivity contribution in [3.05, 3.63) is 36.5 Å². The lowest BCUT2D eigenvalue weighted by atomic mass is 10.0. The van der Waals surface area contributed by atoms with Crippen LogP contribution in [0.4, 0.5) is 40.8 Å². The van der Waals surface area contributed by atoms with Crippen molar-refractivity contribution in [2.75, 3.05) is 12.4 Å². The zero-order chi connectivity index (χ0) is 21.3. The van der Waals surface area contributed by atoms with E-state index in [9.17, 15) is 39.9 Å². The summed E-state index contributed by atoms with van der Waals surface area (Å²) in [5.41, 5.74) is -1.06. The number of alkyl halides is 8. The second kappa shape index (κ2) is 7.45. The van der Waals surface area contributed by atoms with Crippen LogP contribution in [-0.2, 0) is 4.79 Å². The molecule has 156 valence electrons. The summed E-state index contributed by atoms with van der Waals surface area (Å²) in [5, 5.41) is 2.92. The molecule has 0 aliphatic carbocycles. The van der Waals surface area contributed by atoms with E-state index in [-0.39, 0.29) is 0 Å². The maximum atomic E-state index is 13.5. The summed E-state index contributed by atoms with van der Waals surface area (Å²) in [5.74, 6) is -2.46. The SMILES string of the molecule is CN1C=CC(C(=O)Nc2ccccc2OC(F)(F)C(F)C(F)(F)F)(C(F)F)N1. The van der Waals surface area contributed by atoms with Gasteiger partial charge in [0, 0.05) is 13.2 Å². The molecule has 1 heterocycles. The Balaban J connectivity index is 2.27. The van der Waals surface area contributed by atoms with Crippen LogP contribution in [0.25, 0.3) is 0 Å². The Morgan fingerprint density at radius 2 is 1.79 bits per heavy atom. The van der Waals surface area contributed by atoms with E-state index in [0.717, 1.165) is 35.5 Å². The average Bonchev–Trinajstić information content (AvgIpc) is 2.98. The highest BCUT2D eigenvalue weighted by atomic mass is 19.4. The number of hydrogen-bond donors (Lipinski definition) is 2. The summed E-state index contributed by atoms with van der Waals surface area (Å²) in [4.78, 5) is 12.3. The van der Waals surface area contributed by atoms with Crippen molar-refractivity contribution in [2.45, 2.75) is 30.4 Å². The fraction of sp³-hybridized carbons (Fsp3) is 0.400. The van der Waals surface area contributed by atoms with Gasteiger partial charge in [-0.3, -0.25) is 4.79 Å². The van der Waals surface area contributed by atoms with Crippen LogP contribution in [0.3, 0.4) is 0 Å². The molecule has 2 rings (SSSR count). The lowest BCUT2D eigenvalue weighted by Crippen LogP contribution is -2.58. The van der Waals surface area contributed by atoms with Crippen molar-refractivity contribution in [2.24, 2.45) is 0 Å². The largest absolute Gasteiger partial charge is 0.439 e. The fourth-order valence-corrected chi connectivity index (χ4v) is 2.22. The molecule has 0 saturated carbocycles. The first-order valence-electron chi connectivity index (χ1n) is 7.46. The van der Waals surface area contributed by atoms with E-state index in [0.29, 0.717) is 6.07 Å². The van der Waals surface area contributed by atoms with Gasteiger partial charge in [0.25, 0.3) is 18.5 Å². The number of ether oxygens (including phenoxy) is 1. The minimum atomic E-state index is -5.91. The molecule has 1 aromatic carbocycles. The molecule has 5 nitrogen and oxygen atoms in total. The number of hydrazine groups is 1. The lowest BCUT2D eigenvalue weighted by Gasteiger charge is -2.28. The molecule has 2 unspecified atom stereocenters. The van der Waals surface area contributed by atoms with Gasteiger partial charge in [-0.05, 0) is 18.2 Å². The maximum absolute atomic E-state index is 13.5. The molecule has 0 spiro atoms. The van der Waals surface area contributed by atoms with Gasteiger partial charge < -0.3 is 15.1 Å². The van der Waals surface area contributed by atoms with Crippen LogP contribution in [-0.4, -0.2) is 48.4 Å². The Morgan fingerprint density at radius 1 is 1.18 bits per heavy atom. The Kier molecular flexibility index (Phi) is 5.78. The van der Waals surface area contributed by atoms with E-state index < -0.39 is 47.8 Å². The van der Waals surface area contributed by atoms with Crippen LogP contribution in [0.2, 0.25) is 0 Å². The van der Waals surface area contributed by atoms with E-state index in [2.05, 4.69) is 10.2 Å². The van der Waals surface area contributed by atoms with Crippen molar-refractivity contribution in [3.8, 4) is 5.75 Å². The number of halogens is 8. The molecule has 0 radical (unpaired) electrons. The summed E-state index contributed by atoms with van der Waals surface area (Å²) in [7, 11) is 1.31. The minimum Gasteiger partial charge on any atom is -0.428 e. The standard InChI is InChI=1S/C15H13F8N3O2/c1-26-7-6-13(25-26,11(17)18)12(27)24-8-4-2-3-5-9(8)28-15(22,23)10(16)14(19,20)21/h2-7,10-11,25H,1H3,(H,24,27). The molecule has 13 heteroatoms. The van der Waals surface area contributed by atoms with Crippen LogP contribution in [0.5, 0.6) is 5.75 Å². The number of para-hydroxylation sites is 2. The third kappa shape index (κ3) is 4.29. The van der Waals surface area contributed by atoms with E-state index in [1.807, 2.05) is 5.32 Å². The second-order valence-corrected chi connectivity index (χ2v) is 5.73. The van der Waals surface area contributed by atoms with Crippen LogP contribution in [0.1, 0.15) is 0 Å². The van der Waals surface area contributed by atoms with Gasteiger partial charge in [-0.2, -0.15) is 22.0 Å². The quantitative estimate of drug-likeness (QED) is 0.694. The first-order chi connectivity index (χ1) is 12.8. The van der Waals surface area contributed by atoms with Gasteiger partial charge in [0.1, 0.15) is 5.75 Å². The van der Waals surface area contributed by atoms with Crippen LogP contribution >= 0.6 is 0 Å². The summed E-state index contributed by atoms with van der Waals surface area (Å²) >= 11 is 0. The molecule has 2 N–H and O–H groups in total. The molecule has 28 heavy (non-hydrogen) atoms. The number of carbonyl (C=O) groups excluding carboxylic acids is 1. The minimum absolute atomic E-state index is 0.661. The van der Waals surface area contributed by atoms with E-state index in [4.69, 9.17) is 0 Å². The summed E-state index contributed by atoms with van der Waals surface area (Å²) in [6.07, 6.45) is -17.2. The zero-order valence-corrected chi connectivity index (χ0v) is 13.9. The van der Waals surface area contributed by atoms with Gasteiger partial charge in [-0.25, -0.2) is 18.6 Å². The number of hydrogen-bond acceptors (Lipinski definition) is 4. The first kappa shape index (κ1) is 21.7. The summed E-state index contributed by atoms with van der Waals surface area (Å²) in [6, 6.07) is 3.83. The molecule has 1 aromatic rings. The number of carbonyl (C=O) groups is 1. The lowest BCUT2D eigenvalue weighted by molar-refractivity contribution is -0.304. The second-order valence-electron chi connectivity index (χ2n) is 5.73. The van der Waals surface area contributed by atoms with Gasteiger partial charge in [-0.1, -0.05) is 12.1 Å². The molecule has 0 aromatic heterocycles. The summed E-state index contributed by atoms with van der Waals surface area (Å²) < 4.78 is 107. The molecule has 1 aliphatic rings.